The van der Waals surface area contributed by atoms with Gasteiger partial charge in [-0.05, 0) is 66.6 Å². The molecule has 0 radical (unpaired) electrons. The summed E-state index contributed by atoms with van der Waals surface area (Å²) in [6.07, 6.45) is 9.76. The lowest BCUT2D eigenvalue weighted by molar-refractivity contribution is 0.0950. The zero-order valence-corrected chi connectivity index (χ0v) is 14.6. The van der Waals surface area contributed by atoms with Gasteiger partial charge in [0.05, 0.1) is 0 Å². The zero-order valence-electron chi connectivity index (χ0n) is 14.6. The Hall–Kier alpha value is -2.20. The topological polar surface area (TPSA) is 45.2 Å². The molecule has 0 spiro atoms. The van der Waals surface area contributed by atoms with Gasteiger partial charge in [0.1, 0.15) is 0 Å². The first-order valence-corrected chi connectivity index (χ1v) is 9.32. The predicted octanol–water partition coefficient (Wildman–Crippen LogP) is 2.96. The number of rotatable bonds is 4. The molecule has 0 saturated heterocycles. The van der Waals surface area contributed by atoms with Crippen molar-refractivity contribution in [3.05, 3.63) is 65.0 Å². The summed E-state index contributed by atoms with van der Waals surface area (Å²) in [6, 6.07) is 10.9. The van der Waals surface area contributed by atoms with Gasteiger partial charge in [-0.2, -0.15) is 0 Å². The number of nitrogens with one attached hydrogen (secondary N) is 1. The Labute approximate surface area is 149 Å². The highest BCUT2D eigenvalue weighted by atomic mass is 16.1. The quantitative estimate of drug-likeness (QED) is 0.934. The van der Waals surface area contributed by atoms with Crippen LogP contribution >= 0.6 is 0 Å². The molecule has 1 fully saturated rings. The maximum atomic E-state index is 12.5. The Kier molecular flexibility index (Phi) is 4.79. The Morgan fingerprint density at radius 3 is 2.56 bits per heavy atom. The minimum Gasteiger partial charge on any atom is -0.348 e. The molecule has 1 aliphatic carbocycles. The number of amides is 1. The van der Waals surface area contributed by atoms with E-state index >= 15 is 0 Å². The molecular weight excluding hydrogens is 310 g/mol. The number of carbonyl (C=O) groups is 1. The van der Waals surface area contributed by atoms with Crippen LogP contribution in [0.2, 0.25) is 0 Å². The van der Waals surface area contributed by atoms with Gasteiger partial charge in [-0.25, -0.2) is 0 Å². The maximum absolute atomic E-state index is 12.5. The molecule has 2 heterocycles. The van der Waals surface area contributed by atoms with Crippen molar-refractivity contribution in [3.63, 3.8) is 0 Å². The first kappa shape index (κ1) is 16.3. The number of pyridine rings is 1. The van der Waals surface area contributed by atoms with Gasteiger partial charge in [-0.15, -0.1) is 0 Å². The summed E-state index contributed by atoms with van der Waals surface area (Å²) in [4.78, 5) is 19.1. The number of benzene rings is 1. The van der Waals surface area contributed by atoms with E-state index in [1.54, 1.807) is 12.4 Å². The van der Waals surface area contributed by atoms with Crippen molar-refractivity contribution in [3.8, 4) is 0 Å². The van der Waals surface area contributed by atoms with Crippen molar-refractivity contribution in [2.24, 2.45) is 0 Å². The molecule has 1 aromatic heterocycles. The SMILES string of the molecule is O=C(NCc1ccncc1)c1ccc2c(c1)CCN(C1CCC1)CC2. The molecule has 1 amide bonds. The summed E-state index contributed by atoms with van der Waals surface area (Å²) in [5.41, 5.74) is 4.59. The number of aromatic nitrogens is 1. The Bertz CT molecular complexity index is 740. The summed E-state index contributed by atoms with van der Waals surface area (Å²) >= 11 is 0. The molecule has 4 nitrogen and oxygen atoms in total. The van der Waals surface area contributed by atoms with Crippen LogP contribution in [-0.4, -0.2) is 34.9 Å². The van der Waals surface area contributed by atoms with Crippen molar-refractivity contribution in [2.75, 3.05) is 13.1 Å². The summed E-state index contributed by atoms with van der Waals surface area (Å²) in [5, 5.41) is 3.01. The van der Waals surface area contributed by atoms with Gasteiger partial charge in [0, 0.05) is 43.6 Å². The highest BCUT2D eigenvalue weighted by molar-refractivity contribution is 5.94. The largest absolute Gasteiger partial charge is 0.348 e. The van der Waals surface area contributed by atoms with E-state index in [1.165, 1.54) is 30.4 Å². The smallest absolute Gasteiger partial charge is 0.251 e. The second-order valence-corrected chi connectivity index (χ2v) is 7.14. The Balaban J connectivity index is 1.40. The van der Waals surface area contributed by atoms with E-state index in [-0.39, 0.29) is 5.91 Å². The predicted molar refractivity (Wildman–Crippen MR) is 98.5 cm³/mol. The van der Waals surface area contributed by atoms with E-state index in [0.717, 1.165) is 43.1 Å². The fraction of sp³-hybridized carbons (Fsp3) is 0.429. The van der Waals surface area contributed by atoms with Gasteiger partial charge in [0.15, 0.2) is 0 Å². The average Bonchev–Trinajstić information content (AvgIpc) is 2.81. The second kappa shape index (κ2) is 7.36. The summed E-state index contributed by atoms with van der Waals surface area (Å²) in [6.45, 7) is 2.82. The summed E-state index contributed by atoms with van der Waals surface area (Å²) in [5.74, 6) is -0.000270. The van der Waals surface area contributed by atoms with Crippen LogP contribution in [-0.2, 0) is 19.4 Å². The molecule has 0 atom stereocenters. The van der Waals surface area contributed by atoms with Gasteiger partial charge in [-0.1, -0.05) is 12.5 Å². The number of nitrogens with zero attached hydrogens (tertiary/aromatic N) is 2. The highest BCUT2D eigenvalue weighted by Crippen LogP contribution is 2.27. The molecule has 4 rings (SSSR count). The minimum atomic E-state index is -0.000270. The fourth-order valence-electron chi connectivity index (χ4n) is 3.79. The van der Waals surface area contributed by atoms with E-state index in [0.29, 0.717) is 6.54 Å². The van der Waals surface area contributed by atoms with Gasteiger partial charge < -0.3 is 5.32 Å². The van der Waals surface area contributed by atoms with Crippen molar-refractivity contribution in [2.45, 2.75) is 44.7 Å². The molecule has 1 N–H and O–H groups in total. The van der Waals surface area contributed by atoms with Gasteiger partial charge in [-0.3, -0.25) is 14.7 Å². The molecule has 0 bridgehead atoms. The number of hydrogen-bond donors (Lipinski definition) is 1. The number of hydrogen-bond acceptors (Lipinski definition) is 3. The van der Waals surface area contributed by atoms with E-state index in [1.807, 2.05) is 18.2 Å². The van der Waals surface area contributed by atoms with Gasteiger partial charge in [0.2, 0.25) is 0 Å². The third-order valence-corrected chi connectivity index (χ3v) is 5.60. The van der Waals surface area contributed by atoms with Gasteiger partial charge >= 0.3 is 0 Å². The molecule has 0 unspecified atom stereocenters. The van der Waals surface area contributed by atoms with Crippen LogP contribution in [0.4, 0.5) is 0 Å². The highest BCUT2D eigenvalue weighted by Gasteiger charge is 2.26. The normalized spacial score (nSPS) is 18.1. The third-order valence-electron chi connectivity index (χ3n) is 5.60. The molecule has 2 aromatic rings. The van der Waals surface area contributed by atoms with Crippen LogP contribution in [0.3, 0.4) is 0 Å². The summed E-state index contributed by atoms with van der Waals surface area (Å²) in [7, 11) is 0. The minimum absolute atomic E-state index is 0.000270. The molecule has 25 heavy (non-hydrogen) atoms. The number of carbonyl (C=O) groups excluding carboxylic acids is 1. The molecule has 2 aliphatic rings. The fourth-order valence-corrected chi connectivity index (χ4v) is 3.79. The standard InChI is InChI=1S/C21H25N3O/c25-21(23-15-16-6-10-22-11-7-16)19-5-4-17-8-12-24(20-2-1-3-20)13-9-18(17)14-19/h4-7,10-11,14,20H,1-3,8-9,12-13,15H2,(H,23,25). The van der Waals surface area contributed by atoms with Crippen LogP contribution < -0.4 is 5.32 Å². The molecule has 1 aliphatic heterocycles. The molecule has 1 saturated carbocycles. The lowest BCUT2D eigenvalue weighted by Crippen LogP contribution is -2.41. The van der Waals surface area contributed by atoms with E-state index in [4.69, 9.17) is 0 Å². The van der Waals surface area contributed by atoms with Crippen molar-refractivity contribution < 1.29 is 4.79 Å². The van der Waals surface area contributed by atoms with E-state index in [2.05, 4.69) is 27.3 Å². The van der Waals surface area contributed by atoms with Crippen LogP contribution in [0.25, 0.3) is 0 Å². The number of fused-ring (bicyclic) bond motifs is 1. The lowest BCUT2D eigenvalue weighted by atomic mass is 9.91. The maximum Gasteiger partial charge on any atom is 0.251 e. The van der Waals surface area contributed by atoms with E-state index in [9.17, 15) is 4.79 Å². The third kappa shape index (κ3) is 3.74. The Morgan fingerprint density at radius 2 is 1.84 bits per heavy atom. The van der Waals surface area contributed by atoms with Crippen LogP contribution in [0.5, 0.6) is 0 Å². The molecule has 4 heteroatoms. The van der Waals surface area contributed by atoms with Crippen molar-refractivity contribution in [1.82, 2.24) is 15.2 Å². The molecular formula is C21H25N3O. The second-order valence-electron chi connectivity index (χ2n) is 7.14. The van der Waals surface area contributed by atoms with Gasteiger partial charge in [0.25, 0.3) is 5.91 Å². The van der Waals surface area contributed by atoms with Crippen molar-refractivity contribution in [1.29, 1.82) is 0 Å². The lowest BCUT2D eigenvalue weighted by Gasteiger charge is -2.36. The van der Waals surface area contributed by atoms with Crippen LogP contribution in [0.15, 0.2) is 42.7 Å². The van der Waals surface area contributed by atoms with Crippen LogP contribution in [0, 0.1) is 0 Å². The summed E-state index contributed by atoms with van der Waals surface area (Å²) < 4.78 is 0. The first-order valence-electron chi connectivity index (χ1n) is 9.32. The van der Waals surface area contributed by atoms with Crippen molar-refractivity contribution >= 4 is 5.91 Å². The molecule has 1 aromatic carbocycles. The average molecular weight is 335 g/mol. The molecule has 130 valence electrons. The monoisotopic (exact) mass is 335 g/mol. The zero-order chi connectivity index (χ0) is 17.1. The van der Waals surface area contributed by atoms with E-state index < -0.39 is 0 Å². The van der Waals surface area contributed by atoms with Crippen LogP contribution in [0.1, 0.15) is 46.3 Å². The Morgan fingerprint density at radius 1 is 1.08 bits per heavy atom. The first-order chi connectivity index (χ1) is 12.3.